The Morgan fingerprint density at radius 3 is 2.57 bits per heavy atom. The summed E-state index contributed by atoms with van der Waals surface area (Å²) in [6.45, 7) is 3.63. The number of aromatic nitrogens is 1. The summed E-state index contributed by atoms with van der Waals surface area (Å²) in [4.78, 5) is 20.2. The van der Waals surface area contributed by atoms with E-state index in [0.29, 0.717) is 37.0 Å². The number of hydrogen-bond acceptors (Lipinski definition) is 5. The SMILES string of the molecule is Cc1oc(-c2cccs2)nc1CC(=O)N(CCCN)Cc1ccccc1.Cl.Cl. The quantitative estimate of drug-likeness (QED) is 0.559. The van der Waals surface area contributed by atoms with E-state index in [1.54, 1.807) is 11.3 Å². The van der Waals surface area contributed by atoms with Crippen molar-refractivity contribution in [3.05, 3.63) is 64.9 Å². The lowest BCUT2D eigenvalue weighted by Crippen LogP contribution is -2.33. The van der Waals surface area contributed by atoms with Crippen LogP contribution in [0, 0.1) is 6.92 Å². The smallest absolute Gasteiger partial charge is 0.236 e. The highest BCUT2D eigenvalue weighted by molar-refractivity contribution is 7.13. The van der Waals surface area contributed by atoms with Gasteiger partial charge in [-0.05, 0) is 36.9 Å². The first-order valence-electron chi connectivity index (χ1n) is 8.69. The maximum absolute atomic E-state index is 12.9. The second kappa shape index (κ2) is 11.9. The first-order valence-corrected chi connectivity index (χ1v) is 9.57. The third kappa shape index (κ3) is 6.34. The summed E-state index contributed by atoms with van der Waals surface area (Å²) < 4.78 is 5.75. The van der Waals surface area contributed by atoms with E-state index >= 15 is 0 Å². The molecule has 5 nitrogen and oxygen atoms in total. The highest BCUT2D eigenvalue weighted by atomic mass is 35.5. The van der Waals surface area contributed by atoms with Gasteiger partial charge < -0.3 is 15.1 Å². The highest BCUT2D eigenvalue weighted by Crippen LogP contribution is 2.26. The summed E-state index contributed by atoms with van der Waals surface area (Å²) in [5.74, 6) is 1.31. The Bertz CT molecular complexity index is 839. The minimum absolute atomic E-state index is 0. The number of nitrogens with zero attached hydrogens (tertiary/aromatic N) is 2. The van der Waals surface area contributed by atoms with Crippen LogP contribution in [0.15, 0.2) is 52.3 Å². The Hall–Kier alpha value is -1.86. The monoisotopic (exact) mass is 441 g/mol. The number of benzene rings is 1. The van der Waals surface area contributed by atoms with Gasteiger partial charge in [-0.2, -0.15) is 0 Å². The number of carbonyl (C=O) groups excluding carboxylic acids is 1. The van der Waals surface area contributed by atoms with Gasteiger partial charge in [-0.25, -0.2) is 4.98 Å². The van der Waals surface area contributed by atoms with E-state index in [1.807, 2.05) is 59.7 Å². The molecule has 0 aliphatic carbocycles. The van der Waals surface area contributed by atoms with Crippen molar-refractivity contribution in [3.8, 4) is 10.8 Å². The van der Waals surface area contributed by atoms with Crippen LogP contribution in [0.4, 0.5) is 0 Å². The van der Waals surface area contributed by atoms with Crippen LogP contribution in [-0.4, -0.2) is 28.9 Å². The molecule has 2 heterocycles. The Kier molecular flexibility index (Phi) is 10.2. The van der Waals surface area contributed by atoms with Crippen LogP contribution in [0.5, 0.6) is 0 Å². The number of hydrogen-bond donors (Lipinski definition) is 1. The lowest BCUT2D eigenvalue weighted by atomic mass is 10.2. The van der Waals surface area contributed by atoms with E-state index in [-0.39, 0.29) is 37.1 Å². The summed E-state index contributed by atoms with van der Waals surface area (Å²) in [5, 5.41) is 1.98. The minimum Gasteiger partial charge on any atom is -0.440 e. The van der Waals surface area contributed by atoms with Crippen molar-refractivity contribution >= 4 is 42.1 Å². The molecule has 0 saturated carbocycles. The van der Waals surface area contributed by atoms with Crippen LogP contribution in [0.2, 0.25) is 0 Å². The van der Waals surface area contributed by atoms with Crippen LogP contribution in [-0.2, 0) is 17.8 Å². The Morgan fingerprint density at radius 2 is 1.93 bits per heavy atom. The summed E-state index contributed by atoms with van der Waals surface area (Å²) in [5.41, 5.74) is 7.44. The topological polar surface area (TPSA) is 72.4 Å². The first-order chi connectivity index (χ1) is 12.7. The molecule has 0 aliphatic rings. The van der Waals surface area contributed by atoms with Crippen LogP contribution in [0.25, 0.3) is 10.8 Å². The lowest BCUT2D eigenvalue weighted by molar-refractivity contribution is -0.131. The highest BCUT2D eigenvalue weighted by Gasteiger charge is 2.19. The van der Waals surface area contributed by atoms with Gasteiger partial charge in [-0.1, -0.05) is 36.4 Å². The van der Waals surface area contributed by atoms with Crippen LogP contribution >= 0.6 is 36.2 Å². The third-order valence-corrected chi connectivity index (χ3v) is 5.00. The fraction of sp³-hybridized carbons (Fsp3) is 0.300. The van der Waals surface area contributed by atoms with Crippen molar-refractivity contribution in [1.29, 1.82) is 0 Å². The normalized spacial score (nSPS) is 10.1. The van der Waals surface area contributed by atoms with Crippen LogP contribution < -0.4 is 5.73 Å². The maximum atomic E-state index is 12.9. The second-order valence-electron chi connectivity index (χ2n) is 6.12. The van der Waals surface area contributed by atoms with Gasteiger partial charge in [0.15, 0.2) is 0 Å². The van der Waals surface area contributed by atoms with Crippen molar-refractivity contribution in [1.82, 2.24) is 9.88 Å². The van der Waals surface area contributed by atoms with Gasteiger partial charge >= 0.3 is 0 Å². The minimum atomic E-state index is 0. The van der Waals surface area contributed by atoms with Gasteiger partial charge in [0.25, 0.3) is 0 Å². The zero-order valence-electron chi connectivity index (χ0n) is 15.7. The molecule has 2 aromatic heterocycles. The fourth-order valence-corrected chi connectivity index (χ4v) is 3.38. The van der Waals surface area contributed by atoms with Gasteiger partial charge in [0, 0.05) is 13.1 Å². The predicted molar refractivity (Wildman–Crippen MR) is 118 cm³/mol. The van der Waals surface area contributed by atoms with Crippen molar-refractivity contribution < 1.29 is 9.21 Å². The van der Waals surface area contributed by atoms with Crippen molar-refractivity contribution in [2.75, 3.05) is 13.1 Å². The Balaban J connectivity index is 0.00000196. The molecule has 8 heteroatoms. The van der Waals surface area contributed by atoms with Gasteiger partial charge in [0.2, 0.25) is 11.8 Å². The molecular weight excluding hydrogens is 417 g/mol. The predicted octanol–water partition coefficient (Wildman–Crippen LogP) is 4.48. The summed E-state index contributed by atoms with van der Waals surface area (Å²) in [7, 11) is 0. The molecule has 152 valence electrons. The van der Waals surface area contributed by atoms with E-state index in [2.05, 4.69) is 4.98 Å². The number of rotatable bonds is 8. The molecule has 0 atom stereocenters. The van der Waals surface area contributed by atoms with Crippen molar-refractivity contribution in [3.63, 3.8) is 0 Å². The largest absolute Gasteiger partial charge is 0.440 e. The number of halogens is 2. The molecule has 0 bridgehead atoms. The van der Waals surface area contributed by atoms with Gasteiger partial charge in [0.05, 0.1) is 17.0 Å². The molecule has 3 rings (SSSR count). The van der Waals surface area contributed by atoms with E-state index in [1.165, 1.54) is 0 Å². The standard InChI is InChI=1S/C20H23N3O2S.2ClH/c1-15-17(22-20(25-15)18-9-5-12-26-18)13-19(24)23(11-6-10-21)14-16-7-3-2-4-8-16;;/h2-5,7-9,12H,6,10-11,13-14,21H2,1H3;2*1H. The van der Waals surface area contributed by atoms with Crippen molar-refractivity contribution in [2.24, 2.45) is 5.73 Å². The first kappa shape index (κ1) is 24.2. The lowest BCUT2D eigenvalue weighted by Gasteiger charge is -2.22. The van der Waals surface area contributed by atoms with Crippen molar-refractivity contribution in [2.45, 2.75) is 26.3 Å². The number of thiophene rings is 1. The van der Waals surface area contributed by atoms with E-state index < -0.39 is 0 Å². The van der Waals surface area contributed by atoms with Crippen LogP contribution in [0.3, 0.4) is 0 Å². The number of amides is 1. The van der Waals surface area contributed by atoms with E-state index in [9.17, 15) is 4.79 Å². The molecule has 0 spiro atoms. The average molecular weight is 442 g/mol. The number of nitrogens with two attached hydrogens (primary N) is 1. The molecule has 1 aromatic carbocycles. The Labute approximate surface area is 181 Å². The molecule has 0 saturated heterocycles. The summed E-state index contributed by atoms with van der Waals surface area (Å²) in [6.07, 6.45) is 1.01. The summed E-state index contributed by atoms with van der Waals surface area (Å²) >= 11 is 1.57. The third-order valence-electron chi connectivity index (χ3n) is 4.14. The number of aryl methyl sites for hydroxylation is 1. The summed E-state index contributed by atoms with van der Waals surface area (Å²) in [6, 6.07) is 13.9. The second-order valence-corrected chi connectivity index (χ2v) is 7.07. The molecule has 2 N–H and O–H groups in total. The molecular formula is C20H25Cl2N3O2S. The molecule has 0 aliphatic heterocycles. The van der Waals surface area contributed by atoms with E-state index in [4.69, 9.17) is 10.2 Å². The average Bonchev–Trinajstić information content (AvgIpc) is 3.30. The fourth-order valence-electron chi connectivity index (χ4n) is 2.73. The molecule has 1 amide bonds. The zero-order chi connectivity index (χ0) is 18.4. The van der Waals surface area contributed by atoms with E-state index in [0.717, 1.165) is 16.9 Å². The maximum Gasteiger partial charge on any atom is 0.236 e. The van der Waals surface area contributed by atoms with Gasteiger partial charge in [-0.3, -0.25) is 4.79 Å². The van der Waals surface area contributed by atoms with Crippen LogP contribution in [0.1, 0.15) is 23.4 Å². The Morgan fingerprint density at radius 1 is 1.18 bits per heavy atom. The molecule has 28 heavy (non-hydrogen) atoms. The van der Waals surface area contributed by atoms with Gasteiger partial charge in [-0.15, -0.1) is 36.2 Å². The number of oxazole rings is 1. The molecule has 0 fully saturated rings. The van der Waals surface area contributed by atoms with Gasteiger partial charge in [0.1, 0.15) is 5.76 Å². The molecule has 3 aromatic rings. The molecule has 0 radical (unpaired) electrons. The zero-order valence-corrected chi connectivity index (χ0v) is 18.1. The molecule has 0 unspecified atom stereocenters. The number of carbonyl (C=O) groups is 1.